The van der Waals surface area contributed by atoms with Gasteiger partial charge in [-0.1, -0.05) is 35.9 Å². The highest BCUT2D eigenvalue weighted by molar-refractivity contribution is 6.30. The summed E-state index contributed by atoms with van der Waals surface area (Å²) < 4.78 is 12.3. The second-order valence-electron chi connectivity index (χ2n) is 7.41. The maximum atomic E-state index is 12.5. The number of fused-ring (bicyclic) bond motifs is 1. The summed E-state index contributed by atoms with van der Waals surface area (Å²) in [5.74, 6) is -0.539. The smallest absolute Gasteiger partial charge is 0.408 e. The van der Waals surface area contributed by atoms with E-state index in [9.17, 15) is 9.59 Å². The fourth-order valence-corrected chi connectivity index (χ4v) is 4.05. The average Bonchev–Trinajstić information content (AvgIpc) is 3.07. The van der Waals surface area contributed by atoms with Crippen LogP contribution in [0.5, 0.6) is 0 Å². The van der Waals surface area contributed by atoms with Crippen molar-refractivity contribution in [2.75, 3.05) is 19.8 Å². The van der Waals surface area contributed by atoms with Crippen LogP contribution in [0.15, 0.2) is 57.7 Å². The van der Waals surface area contributed by atoms with Gasteiger partial charge in [0.15, 0.2) is 5.58 Å². The fraction of sp³-hybridized carbons (Fsp3) is 0.364. The van der Waals surface area contributed by atoms with Crippen LogP contribution in [0.25, 0.3) is 11.1 Å². The number of halogens is 1. The molecular formula is C22H23ClN2O4. The molecular weight excluding hydrogens is 392 g/mol. The molecule has 0 spiro atoms. The van der Waals surface area contributed by atoms with Crippen LogP contribution in [0.2, 0.25) is 5.02 Å². The Labute approximate surface area is 173 Å². The average molecular weight is 415 g/mol. The van der Waals surface area contributed by atoms with Crippen LogP contribution in [0.4, 0.5) is 0 Å². The largest absolute Gasteiger partial charge is 0.419 e. The topological polar surface area (TPSA) is 73.5 Å². The second kappa shape index (κ2) is 8.43. The van der Waals surface area contributed by atoms with Crippen molar-refractivity contribution in [1.29, 1.82) is 0 Å². The van der Waals surface area contributed by atoms with Crippen molar-refractivity contribution in [3.05, 3.63) is 69.7 Å². The quantitative estimate of drug-likeness (QED) is 0.670. The van der Waals surface area contributed by atoms with E-state index in [-0.39, 0.29) is 24.3 Å². The molecule has 152 valence electrons. The van der Waals surface area contributed by atoms with Crippen LogP contribution in [-0.4, -0.2) is 30.2 Å². The number of benzene rings is 2. The molecule has 0 radical (unpaired) electrons. The van der Waals surface area contributed by atoms with Crippen molar-refractivity contribution in [2.24, 2.45) is 0 Å². The maximum absolute atomic E-state index is 12.5. The number of aryl methyl sites for hydroxylation is 1. The molecule has 7 heteroatoms. The number of carbonyl (C=O) groups excluding carboxylic acids is 1. The summed E-state index contributed by atoms with van der Waals surface area (Å²) in [7, 11) is 0. The van der Waals surface area contributed by atoms with E-state index in [4.69, 9.17) is 20.8 Å². The molecule has 1 aliphatic rings. The van der Waals surface area contributed by atoms with E-state index < -0.39 is 5.76 Å². The molecule has 1 fully saturated rings. The fourth-order valence-electron chi connectivity index (χ4n) is 3.93. The molecule has 1 aliphatic heterocycles. The van der Waals surface area contributed by atoms with Crippen molar-refractivity contribution in [1.82, 2.24) is 9.88 Å². The molecule has 3 aromatic rings. The van der Waals surface area contributed by atoms with Crippen molar-refractivity contribution in [3.8, 4) is 0 Å². The monoisotopic (exact) mass is 414 g/mol. The molecule has 6 nitrogen and oxygen atoms in total. The van der Waals surface area contributed by atoms with Crippen LogP contribution in [0, 0.1) is 0 Å². The first-order valence-electron chi connectivity index (χ1n) is 9.76. The maximum Gasteiger partial charge on any atom is 0.419 e. The number of nitrogens with one attached hydrogen (secondary N) is 1. The van der Waals surface area contributed by atoms with Gasteiger partial charge in [-0.25, -0.2) is 4.79 Å². The van der Waals surface area contributed by atoms with Gasteiger partial charge in [-0.15, -0.1) is 0 Å². The summed E-state index contributed by atoms with van der Waals surface area (Å²) in [6.07, 6.45) is 1.87. The zero-order valence-electron chi connectivity index (χ0n) is 16.0. The number of amides is 1. The standard InChI is InChI=1S/C22H23ClN2O4/c23-17-7-5-16(6-8-17)22(10-13-28-14-11-22)15-24-20(26)9-12-25-18-3-1-2-4-19(18)29-21(25)27/h1-8H,9-15H2,(H,24,26). The predicted molar refractivity (Wildman–Crippen MR) is 111 cm³/mol. The molecule has 2 heterocycles. The van der Waals surface area contributed by atoms with Crippen molar-refractivity contribution < 1.29 is 13.9 Å². The van der Waals surface area contributed by atoms with E-state index in [2.05, 4.69) is 5.32 Å². The molecule has 1 aromatic heterocycles. The molecule has 1 N–H and O–H groups in total. The van der Waals surface area contributed by atoms with E-state index in [0.717, 1.165) is 18.4 Å². The minimum atomic E-state index is -0.443. The van der Waals surface area contributed by atoms with Gasteiger partial charge in [0.1, 0.15) is 0 Å². The summed E-state index contributed by atoms with van der Waals surface area (Å²) in [6.45, 7) is 2.13. The summed E-state index contributed by atoms with van der Waals surface area (Å²) in [4.78, 5) is 24.6. The SMILES string of the molecule is O=C(CCn1c(=O)oc2ccccc21)NCC1(c2ccc(Cl)cc2)CCOCC1. The number of hydrogen-bond acceptors (Lipinski definition) is 4. The number of rotatable bonds is 6. The molecule has 1 saturated heterocycles. The minimum Gasteiger partial charge on any atom is -0.408 e. The molecule has 4 rings (SSSR count). The number of hydrogen-bond donors (Lipinski definition) is 1. The van der Waals surface area contributed by atoms with Gasteiger partial charge in [-0.3, -0.25) is 9.36 Å². The van der Waals surface area contributed by atoms with E-state index in [1.165, 1.54) is 4.57 Å². The summed E-state index contributed by atoms with van der Waals surface area (Å²) in [5, 5.41) is 3.76. The van der Waals surface area contributed by atoms with Crippen molar-refractivity contribution >= 4 is 28.6 Å². The Hall–Kier alpha value is -2.57. The molecule has 2 aromatic carbocycles. The lowest BCUT2D eigenvalue weighted by atomic mass is 9.74. The third-order valence-corrected chi connectivity index (χ3v) is 5.92. The van der Waals surface area contributed by atoms with E-state index in [0.29, 0.717) is 35.9 Å². The van der Waals surface area contributed by atoms with Gasteiger partial charge < -0.3 is 14.5 Å². The third kappa shape index (κ3) is 4.23. The lowest BCUT2D eigenvalue weighted by molar-refractivity contribution is -0.121. The lowest BCUT2D eigenvalue weighted by Gasteiger charge is -2.38. The zero-order chi connectivity index (χ0) is 20.3. The van der Waals surface area contributed by atoms with E-state index in [1.54, 1.807) is 6.07 Å². The molecule has 0 unspecified atom stereocenters. The van der Waals surface area contributed by atoms with Crippen LogP contribution in [0.1, 0.15) is 24.8 Å². The highest BCUT2D eigenvalue weighted by Gasteiger charge is 2.34. The van der Waals surface area contributed by atoms with Crippen LogP contribution >= 0.6 is 11.6 Å². The molecule has 0 aliphatic carbocycles. The van der Waals surface area contributed by atoms with Crippen molar-refractivity contribution in [2.45, 2.75) is 31.2 Å². The van der Waals surface area contributed by atoms with Crippen LogP contribution < -0.4 is 11.1 Å². The number of aromatic nitrogens is 1. The number of oxazole rings is 1. The Morgan fingerprint density at radius 2 is 1.83 bits per heavy atom. The Balaban J connectivity index is 1.42. The normalized spacial score (nSPS) is 16.0. The van der Waals surface area contributed by atoms with Gasteiger partial charge in [0.2, 0.25) is 5.91 Å². The lowest BCUT2D eigenvalue weighted by Crippen LogP contribution is -2.44. The molecule has 0 atom stereocenters. The van der Waals surface area contributed by atoms with Gasteiger partial charge in [0, 0.05) is 43.2 Å². The Morgan fingerprint density at radius 3 is 2.59 bits per heavy atom. The zero-order valence-corrected chi connectivity index (χ0v) is 16.8. The Bertz CT molecular complexity index is 1050. The van der Waals surface area contributed by atoms with Crippen molar-refractivity contribution in [3.63, 3.8) is 0 Å². The van der Waals surface area contributed by atoms with Gasteiger partial charge in [-0.2, -0.15) is 0 Å². The van der Waals surface area contributed by atoms with E-state index >= 15 is 0 Å². The summed E-state index contributed by atoms with van der Waals surface area (Å²) in [6, 6.07) is 15.0. The molecule has 1 amide bonds. The number of para-hydroxylation sites is 2. The second-order valence-corrected chi connectivity index (χ2v) is 7.85. The molecule has 0 bridgehead atoms. The van der Waals surface area contributed by atoms with E-state index in [1.807, 2.05) is 42.5 Å². The first-order valence-corrected chi connectivity index (χ1v) is 10.1. The number of nitrogens with zero attached hydrogens (tertiary/aromatic N) is 1. The van der Waals surface area contributed by atoms with Crippen LogP contribution in [0.3, 0.4) is 0 Å². The summed E-state index contributed by atoms with van der Waals surface area (Å²) in [5.41, 5.74) is 2.22. The first-order chi connectivity index (χ1) is 14.1. The number of carbonyl (C=O) groups is 1. The molecule has 0 saturated carbocycles. The Kier molecular flexibility index (Phi) is 5.74. The highest BCUT2D eigenvalue weighted by Crippen LogP contribution is 2.35. The van der Waals surface area contributed by atoms with Gasteiger partial charge in [0.25, 0.3) is 0 Å². The Morgan fingerprint density at radius 1 is 1.10 bits per heavy atom. The molecule has 29 heavy (non-hydrogen) atoms. The van der Waals surface area contributed by atoms with Gasteiger partial charge in [0.05, 0.1) is 5.52 Å². The first kappa shape index (κ1) is 19.7. The minimum absolute atomic E-state index is 0.0954. The van der Waals surface area contributed by atoms with Gasteiger partial charge >= 0.3 is 5.76 Å². The third-order valence-electron chi connectivity index (χ3n) is 5.67. The summed E-state index contributed by atoms with van der Waals surface area (Å²) >= 11 is 6.04. The highest BCUT2D eigenvalue weighted by atomic mass is 35.5. The van der Waals surface area contributed by atoms with Crippen LogP contribution in [-0.2, 0) is 21.5 Å². The van der Waals surface area contributed by atoms with Gasteiger partial charge in [-0.05, 0) is 42.7 Å². The predicted octanol–water partition coefficient (Wildman–Crippen LogP) is 3.50. The number of ether oxygens (including phenoxy) is 1.